The Morgan fingerprint density at radius 1 is 1.04 bits per heavy atom. The van der Waals surface area contributed by atoms with Crippen LogP contribution in [0, 0.1) is 6.92 Å². The Balaban J connectivity index is 2.46. The molecule has 0 spiro atoms. The Hall–Kier alpha value is -2.03. The van der Waals surface area contributed by atoms with Crippen molar-refractivity contribution in [1.82, 2.24) is 4.98 Å². The van der Waals surface area contributed by atoms with Crippen molar-refractivity contribution in [3.8, 4) is 5.75 Å². The maximum atomic E-state index is 13.3. The molecular formula is C18H18ClNO5S2. The second-order valence-corrected chi connectivity index (χ2v) is 10.5. The minimum atomic E-state index is -4.00. The summed E-state index contributed by atoms with van der Waals surface area (Å²) in [5.41, 5.74) is 0.661. The number of hydrogen-bond acceptors (Lipinski definition) is 5. The van der Waals surface area contributed by atoms with Crippen molar-refractivity contribution < 1.29 is 21.6 Å². The molecule has 0 amide bonds. The minimum Gasteiger partial charge on any atom is -0.495 e. The molecule has 0 radical (unpaired) electrons. The minimum absolute atomic E-state index is 0.0265. The van der Waals surface area contributed by atoms with E-state index in [1.165, 1.54) is 50.4 Å². The summed E-state index contributed by atoms with van der Waals surface area (Å²) >= 11 is 5.86. The van der Waals surface area contributed by atoms with Gasteiger partial charge in [-0.3, -0.25) is 0 Å². The van der Waals surface area contributed by atoms with E-state index in [-0.39, 0.29) is 25.8 Å². The van der Waals surface area contributed by atoms with Crippen LogP contribution in [0.1, 0.15) is 12.6 Å². The van der Waals surface area contributed by atoms with E-state index >= 15 is 0 Å². The van der Waals surface area contributed by atoms with Crippen LogP contribution in [-0.2, 0) is 19.7 Å². The van der Waals surface area contributed by atoms with Crippen LogP contribution in [0.5, 0.6) is 5.75 Å². The topological polar surface area (TPSA) is 93.3 Å². The molecule has 1 N–H and O–H groups in total. The van der Waals surface area contributed by atoms with Crippen LogP contribution in [0.25, 0.3) is 10.9 Å². The zero-order chi connectivity index (χ0) is 20.0. The van der Waals surface area contributed by atoms with E-state index in [9.17, 15) is 16.8 Å². The predicted molar refractivity (Wildman–Crippen MR) is 104 cm³/mol. The van der Waals surface area contributed by atoms with Gasteiger partial charge in [-0.15, -0.1) is 0 Å². The molecule has 9 heteroatoms. The van der Waals surface area contributed by atoms with Gasteiger partial charge in [-0.2, -0.15) is 0 Å². The predicted octanol–water partition coefficient (Wildman–Crippen LogP) is 3.76. The van der Waals surface area contributed by atoms with Gasteiger partial charge in [-0.05, 0) is 43.3 Å². The second-order valence-electron chi connectivity index (χ2n) is 5.96. The monoisotopic (exact) mass is 427 g/mol. The molecule has 0 aliphatic rings. The molecule has 0 aliphatic heterocycles. The van der Waals surface area contributed by atoms with Crippen LogP contribution in [0.2, 0.25) is 5.02 Å². The Labute approximate surface area is 163 Å². The Morgan fingerprint density at radius 3 is 2.22 bits per heavy atom. The lowest BCUT2D eigenvalue weighted by molar-refractivity contribution is 0.418. The lowest BCUT2D eigenvalue weighted by Crippen LogP contribution is -2.08. The van der Waals surface area contributed by atoms with Gasteiger partial charge in [0.2, 0.25) is 9.84 Å². The summed E-state index contributed by atoms with van der Waals surface area (Å²) in [5.74, 6) is 0.208. The number of halogens is 1. The molecule has 0 aliphatic carbocycles. The summed E-state index contributed by atoms with van der Waals surface area (Å²) in [4.78, 5) is 2.88. The average Bonchev–Trinajstić information content (AvgIpc) is 2.98. The van der Waals surface area contributed by atoms with Crippen LogP contribution >= 0.6 is 11.6 Å². The summed E-state index contributed by atoms with van der Waals surface area (Å²) in [6, 6.07) is 8.63. The van der Waals surface area contributed by atoms with E-state index in [1.807, 2.05) is 0 Å². The molecule has 27 heavy (non-hydrogen) atoms. The molecule has 0 saturated carbocycles. The van der Waals surface area contributed by atoms with Gasteiger partial charge in [0.25, 0.3) is 0 Å². The number of H-pyrrole nitrogens is 1. The summed E-state index contributed by atoms with van der Waals surface area (Å²) in [6.45, 7) is 3.10. The normalized spacial score (nSPS) is 12.4. The highest BCUT2D eigenvalue weighted by Gasteiger charge is 2.30. The summed E-state index contributed by atoms with van der Waals surface area (Å²) in [7, 11) is -6.23. The maximum Gasteiger partial charge on any atom is 0.209 e. The Morgan fingerprint density at radius 2 is 1.67 bits per heavy atom. The highest BCUT2D eigenvalue weighted by atomic mass is 35.5. The number of nitrogens with one attached hydrogen (secondary N) is 1. The zero-order valence-electron chi connectivity index (χ0n) is 14.9. The van der Waals surface area contributed by atoms with Crippen molar-refractivity contribution in [2.75, 3.05) is 12.9 Å². The number of sulfone groups is 2. The van der Waals surface area contributed by atoms with Crippen LogP contribution in [0.15, 0.2) is 51.1 Å². The van der Waals surface area contributed by atoms with Crippen LogP contribution in [0.3, 0.4) is 0 Å². The van der Waals surface area contributed by atoms with Crippen molar-refractivity contribution in [3.63, 3.8) is 0 Å². The molecule has 0 fully saturated rings. The zero-order valence-corrected chi connectivity index (χ0v) is 17.3. The van der Waals surface area contributed by atoms with E-state index in [0.29, 0.717) is 22.0 Å². The number of aromatic amines is 1. The van der Waals surface area contributed by atoms with E-state index in [1.54, 1.807) is 6.92 Å². The number of methoxy groups -OCH3 is 1. The van der Waals surface area contributed by atoms with Gasteiger partial charge in [-0.1, -0.05) is 18.5 Å². The van der Waals surface area contributed by atoms with Gasteiger partial charge in [-0.25, -0.2) is 16.8 Å². The summed E-state index contributed by atoms with van der Waals surface area (Å²) in [6.07, 6.45) is 0. The number of aromatic nitrogens is 1. The number of hydrogen-bond donors (Lipinski definition) is 1. The first kappa shape index (κ1) is 19.7. The molecule has 1 aromatic heterocycles. The van der Waals surface area contributed by atoms with E-state index in [4.69, 9.17) is 16.3 Å². The molecule has 0 unspecified atom stereocenters. The van der Waals surface area contributed by atoms with E-state index in [2.05, 4.69) is 4.98 Å². The van der Waals surface area contributed by atoms with Crippen LogP contribution in [-0.4, -0.2) is 34.7 Å². The number of benzene rings is 2. The number of aryl methyl sites for hydroxylation is 1. The molecule has 1 heterocycles. The fourth-order valence-corrected chi connectivity index (χ4v) is 5.96. The first-order valence-corrected chi connectivity index (χ1v) is 11.6. The fourth-order valence-electron chi connectivity index (χ4n) is 3.00. The van der Waals surface area contributed by atoms with Crippen molar-refractivity contribution in [1.29, 1.82) is 0 Å². The van der Waals surface area contributed by atoms with Gasteiger partial charge in [0.05, 0.1) is 28.2 Å². The molecule has 0 bridgehead atoms. The number of ether oxygens (including phenoxy) is 1. The Bertz CT molecular complexity index is 1230. The van der Waals surface area contributed by atoms with Gasteiger partial charge >= 0.3 is 0 Å². The molecule has 144 valence electrons. The van der Waals surface area contributed by atoms with Gasteiger partial charge in [0.15, 0.2) is 9.84 Å². The standard InChI is InChI=1S/C18H18ClNO5S2/c1-4-26(21,22)15-10-9-14(25-3)17-16(15)18(11(2)20-17)27(23,24)13-7-5-12(19)6-8-13/h5-10,20H,4H2,1-3H3. The molecular weight excluding hydrogens is 410 g/mol. The largest absolute Gasteiger partial charge is 0.495 e. The van der Waals surface area contributed by atoms with Crippen molar-refractivity contribution in [2.45, 2.75) is 28.5 Å². The molecule has 0 saturated heterocycles. The quantitative estimate of drug-likeness (QED) is 0.669. The lowest BCUT2D eigenvalue weighted by Gasteiger charge is -2.10. The van der Waals surface area contributed by atoms with E-state index in [0.717, 1.165) is 0 Å². The first-order valence-electron chi connectivity index (χ1n) is 8.06. The smallest absolute Gasteiger partial charge is 0.209 e. The van der Waals surface area contributed by atoms with E-state index < -0.39 is 19.7 Å². The molecule has 6 nitrogen and oxygen atoms in total. The van der Waals surface area contributed by atoms with Gasteiger partial charge in [0.1, 0.15) is 10.6 Å². The SMILES string of the molecule is CCS(=O)(=O)c1ccc(OC)c2[nH]c(C)c(S(=O)(=O)c3ccc(Cl)cc3)c12. The lowest BCUT2D eigenvalue weighted by atomic mass is 10.2. The van der Waals surface area contributed by atoms with Crippen molar-refractivity contribution in [2.24, 2.45) is 0 Å². The second kappa shape index (κ2) is 6.85. The number of fused-ring (bicyclic) bond motifs is 1. The molecule has 3 aromatic rings. The third-order valence-corrected chi connectivity index (χ3v) is 8.30. The van der Waals surface area contributed by atoms with Crippen LogP contribution in [0.4, 0.5) is 0 Å². The maximum absolute atomic E-state index is 13.3. The first-order chi connectivity index (χ1) is 12.6. The third kappa shape index (κ3) is 3.22. The van der Waals surface area contributed by atoms with Gasteiger partial charge in [0, 0.05) is 16.1 Å². The average molecular weight is 428 g/mol. The van der Waals surface area contributed by atoms with Crippen molar-refractivity contribution in [3.05, 3.63) is 47.1 Å². The molecule has 3 rings (SSSR count). The highest BCUT2D eigenvalue weighted by Crippen LogP contribution is 2.39. The summed E-state index contributed by atoms with van der Waals surface area (Å²) < 4.78 is 57.1. The molecule has 0 atom stereocenters. The summed E-state index contributed by atoms with van der Waals surface area (Å²) in [5, 5.41) is 0.518. The number of rotatable bonds is 5. The van der Waals surface area contributed by atoms with Gasteiger partial charge < -0.3 is 9.72 Å². The van der Waals surface area contributed by atoms with Crippen molar-refractivity contribution >= 4 is 42.2 Å². The fraction of sp³-hybridized carbons (Fsp3) is 0.222. The Kier molecular flexibility index (Phi) is 5.00. The van der Waals surface area contributed by atoms with Crippen LogP contribution < -0.4 is 4.74 Å². The highest BCUT2D eigenvalue weighted by molar-refractivity contribution is 7.92. The third-order valence-electron chi connectivity index (χ3n) is 4.34. The molecule has 2 aromatic carbocycles.